The Bertz CT molecular complexity index is 1060. The Kier molecular flexibility index (Phi) is 7.63. The maximum absolute atomic E-state index is 13.6. The summed E-state index contributed by atoms with van der Waals surface area (Å²) in [4.78, 5) is 7.95. The fraction of sp³-hybridized carbons (Fsp3) is 0.333. The van der Waals surface area contributed by atoms with Crippen molar-refractivity contribution in [2.24, 2.45) is 0 Å². The second kappa shape index (κ2) is 10.4. The summed E-state index contributed by atoms with van der Waals surface area (Å²) >= 11 is 0. The van der Waals surface area contributed by atoms with E-state index in [1.165, 1.54) is 0 Å². The number of alkyl halides is 3. The molecule has 0 saturated carbocycles. The van der Waals surface area contributed by atoms with Gasteiger partial charge < -0.3 is 20.1 Å². The van der Waals surface area contributed by atoms with Crippen LogP contribution in [0.3, 0.4) is 0 Å². The molecule has 9 heteroatoms. The molecule has 0 amide bonds. The van der Waals surface area contributed by atoms with Gasteiger partial charge in [0.15, 0.2) is 0 Å². The van der Waals surface area contributed by atoms with E-state index in [0.29, 0.717) is 22.9 Å². The summed E-state index contributed by atoms with van der Waals surface area (Å²) in [5.41, 5.74) is -0.00153. The minimum Gasteiger partial charge on any atom is -0.491 e. The largest absolute Gasteiger partial charge is 0.491 e. The molecule has 0 aliphatic carbocycles. The standard InChI is InChI=1S/C24H27F3N4O2/c1-5-16(4)33-18-12-10-17(11-13-18)29-23-28-14-19(24(25,26)27)22(31-23)30-20-8-6-7-9-21(20)32-15(2)3/h6-16H,5H2,1-4H3,(H2,28,29,30,31). The number of hydrogen-bond acceptors (Lipinski definition) is 6. The van der Waals surface area contributed by atoms with E-state index in [1.807, 2.05) is 27.7 Å². The second-order valence-electron chi connectivity index (χ2n) is 7.73. The van der Waals surface area contributed by atoms with E-state index in [-0.39, 0.29) is 24.0 Å². The van der Waals surface area contributed by atoms with E-state index in [2.05, 4.69) is 20.6 Å². The minimum atomic E-state index is -4.64. The topological polar surface area (TPSA) is 68.3 Å². The van der Waals surface area contributed by atoms with Gasteiger partial charge in [0.1, 0.15) is 22.9 Å². The number of anilines is 4. The van der Waals surface area contributed by atoms with Crippen LogP contribution in [0, 0.1) is 0 Å². The van der Waals surface area contributed by atoms with Crippen molar-refractivity contribution in [3.63, 3.8) is 0 Å². The first kappa shape index (κ1) is 24.2. The Morgan fingerprint density at radius 3 is 2.27 bits per heavy atom. The van der Waals surface area contributed by atoms with Gasteiger partial charge in [-0.3, -0.25) is 0 Å². The van der Waals surface area contributed by atoms with Crippen LogP contribution in [0.1, 0.15) is 39.7 Å². The van der Waals surface area contributed by atoms with Crippen molar-refractivity contribution in [3.8, 4) is 11.5 Å². The summed E-state index contributed by atoms with van der Waals surface area (Å²) in [5.74, 6) is 0.762. The molecule has 0 radical (unpaired) electrons. The van der Waals surface area contributed by atoms with Crippen LogP contribution in [0.5, 0.6) is 11.5 Å². The van der Waals surface area contributed by atoms with Crippen LogP contribution in [0.15, 0.2) is 54.7 Å². The van der Waals surface area contributed by atoms with E-state index in [0.717, 1.165) is 12.6 Å². The van der Waals surface area contributed by atoms with Crippen molar-refractivity contribution in [2.45, 2.75) is 52.5 Å². The van der Waals surface area contributed by atoms with Gasteiger partial charge in [-0.1, -0.05) is 19.1 Å². The third-order valence-corrected chi connectivity index (χ3v) is 4.62. The third-order valence-electron chi connectivity index (χ3n) is 4.62. The highest BCUT2D eigenvalue weighted by Crippen LogP contribution is 2.37. The summed E-state index contributed by atoms with van der Waals surface area (Å²) in [7, 11) is 0. The van der Waals surface area contributed by atoms with Crippen LogP contribution in [0.4, 0.5) is 36.3 Å². The van der Waals surface area contributed by atoms with Crippen LogP contribution in [0.25, 0.3) is 0 Å². The highest BCUT2D eigenvalue weighted by molar-refractivity contribution is 5.67. The maximum atomic E-state index is 13.6. The molecule has 1 unspecified atom stereocenters. The molecule has 3 aromatic rings. The van der Waals surface area contributed by atoms with Gasteiger partial charge in [-0.25, -0.2) is 4.98 Å². The predicted molar refractivity (Wildman–Crippen MR) is 123 cm³/mol. The van der Waals surface area contributed by atoms with Crippen molar-refractivity contribution < 1.29 is 22.6 Å². The van der Waals surface area contributed by atoms with Gasteiger partial charge in [-0.15, -0.1) is 0 Å². The van der Waals surface area contributed by atoms with Crippen molar-refractivity contribution in [1.29, 1.82) is 0 Å². The minimum absolute atomic E-state index is 0.0170. The molecule has 2 N–H and O–H groups in total. The van der Waals surface area contributed by atoms with Gasteiger partial charge in [-0.2, -0.15) is 18.2 Å². The zero-order valence-corrected chi connectivity index (χ0v) is 18.9. The van der Waals surface area contributed by atoms with Crippen LogP contribution < -0.4 is 20.1 Å². The quantitative estimate of drug-likeness (QED) is 0.360. The molecule has 0 aliphatic heterocycles. The molecule has 176 valence electrons. The molecule has 0 spiro atoms. The highest BCUT2D eigenvalue weighted by atomic mass is 19.4. The smallest absolute Gasteiger partial charge is 0.421 e. The van der Waals surface area contributed by atoms with E-state index in [1.54, 1.807) is 48.5 Å². The van der Waals surface area contributed by atoms with Crippen LogP contribution in [-0.2, 0) is 6.18 Å². The van der Waals surface area contributed by atoms with Crippen molar-refractivity contribution >= 4 is 23.1 Å². The number of halogens is 3. The zero-order chi connectivity index (χ0) is 24.0. The number of rotatable bonds is 9. The summed E-state index contributed by atoms with van der Waals surface area (Å²) in [5, 5.41) is 5.69. The summed E-state index contributed by atoms with van der Waals surface area (Å²) in [6.45, 7) is 7.68. The monoisotopic (exact) mass is 460 g/mol. The fourth-order valence-electron chi connectivity index (χ4n) is 2.86. The first-order chi connectivity index (χ1) is 15.7. The van der Waals surface area contributed by atoms with Gasteiger partial charge >= 0.3 is 6.18 Å². The van der Waals surface area contributed by atoms with Gasteiger partial charge in [0.25, 0.3) is 0 Å². The lowest BCUT2D eigenvalue weighted by molar-refractivity contribution is -0.137. The van der Waals surface area contributed by atoms with E-state index < -0.39 is 11.7 Å². The average Bonchev–Trinajstić information content (AvgIpc) is 2.75. The van der Waals surface area contributed by atoms with E-state index >= 15 is 0 Å². The molecule has 33 heavy (non-hydrogen) atoms. The number of nitrogens with zero attached hydrogens (tertiary/aromatic N) is 2. The van der Waals surface area contributed by atoms with Crippen molar-refractivity contribution in [2.75, 3.05) is 10.6 Å². The fourth-order valence-corrected chi connectivity index (χ4v) is 2.86. The number of hydrogen-bond donors (Lipinski definition) is 2. The molecule has 0 aliphatic rings. The average molecular weight is 461 g/mol. The normalized spacial score (nSPS) is 12.4. The first-order valence-electron chi connectivity index (χ1n) is 10.7. The molecule has 6 nitrogen and oxygen atoms in total. The Morgan fingerprint density at radius 1 is 0.939 bits per heavy atom. The third kappa shape index (κ3) is 6.74. The number of ether oxygens (including phenoxy) is 2. The van der Waals surface area contributed by atoms with Gasteiger partial charge in [0.2, 0.25) is 5.95 Å². The Labute approximate surface area is 191 Å². The lowest BCUT2D eigenvalue weighted by atomic mass is 10.2. The summed E-state index contributed by atoms with van der Waals surface area (Å²) in [6, 6.07) is 13.8. The van der Waals surface area contributed by atoms with Crippen molar-refractivity contribution in [3.05, 3.63) is 60.3 Å². The maximum Gasteiger partial charge on any atom is 0.421 e. The Balaban J connectivity index is 1.87. The van der Waals surface area contributed by atoms with E-state index in [9.17, 15) is 13.2 Å². The molecule has 0 bridgehead atoms. The Morgan fingerprint density at radius 2 is 1.64 bits per heavy atom. The van der Waals surface area contributed by atoms with Gasteiger partial charge in [0.05, 0.1) is 17.9 Å². The lowest BCUT2D eigenvalue weighted by Crippen LogP contribution is -2.13. The number of para-hydroxylation sites is 2. The highest BCUT2D eigenvalue weighted by Gasteiger charge is 2.35. The first-order valence-corrected chi connectivity index (χ1v) is 10.7. The number of benzene rings is 2. The summed E-state index contributed by atoms with van der Waals surface area (Å²) in [6.07, 6.45) is -3.07. The van der Waals surface area contributed by atoms with Crippen LogP contribution in [-0.4, -0.2) is 22.2 Å². The van der Waals surface area contributed by atoms with Crippen LogP contribution >= 0.6 is 0 Å². The summed E-state index contributed by atoms with van der Waals surface area (Å²) < 4.78 is 52.3. The van der Waals surface area contributed by atoms with Crippen LogP contribution in [0.2, 0.25) is 0 Å². The van der Waals surface area contributed by atoms with Crippen molar-refractivity contribution in [1.82, 2.24) is 9.97 Å². The zero-order valence-electron chi connectivity index (χ0n) is 18.9. The lowest BCUT2D eigenvalue weighted by Gasteiger charge is -2.18. The molecule has 0 saturated heterocycles. The molecular formula is C24H27F3N4O2. The second-order valence-corrected chi connectivity index (χ2v) is 7.73. The Hall–Kier alpha value is -3.49. The molecule has 2 aromatic carbocycles. The number of nitrogens with one attached hydrogen (secondary N) is 2. The predicted octanol–water partition coefficient (Wildman–Crippen LogP) is 6.95. The van der Waals surface area contributed by atoms with E-state index in [4.69, 9.17) is 9.47 Å². The molecular weight excluding hydrogens is 433 g/mol. The molecule has 3 rings (SSSR count). The molecule has 1 heterocycles. The molecule has 1 atom stereocenters. The van der Waals surface area contributed by atoms with Gasteiger partial charge in [0, 0.05) is 11.9 Å². The molecule has 1 aromatic heterocycles. The van der Waals surface area contributed by atoms with Gasteiger partial charge in [-0.05, 0) is 63.6 Å². The molecule has 0 fully saturated rings. The SMILES string of the molecule is CCC(C)Oc1ccc(Nc2ncc(C(F)(F)F)c(Nc3ccccc3OC(C)C)n2)cc1. The number of aromatic nitrogens is 2.